The number of halogens is 2. The van der Waals surface area contributed by atoms with Crippen molar-refractivity contribution in [2.24, 2.45) is 0 Å². The van der Waals surface area contributed by atoms with Gasteiger partial charge in [-0.05, 0) is 12.0 Å². The van der Waals surface area contributed by atoms with Gasteiger partial charge in [-0.1, -0.05) is 30.3 Å². The Bertz CT molecular complexity index is 798. The number of rotatable bonds is 7. The van der Waals surface area contributed by atoms with Crippen molar-refractivity contribution in [3.05, 3.63) is 52.8 Å². The Morgan fingerprint density at radius 3 is 2.82 bits per heavy atom. The average Bonchev–Trinajstić information content (AvgIpc) is 3.11. The lowest BCUT2D eigenvalue weighted by Gasteiger charge is -2.27. The van der Waals surface area contributed by atoms with Gasteiger partial charge in [-0.15, -0.1) is 0 Å². The van der Waals surface area contributed by atoms with Gasteiger partial charge < -0.3 is 19.8 Å². The summed E-state index contributed by atoms with van der Waals surface area (Å²) in [7, 11) is 0. The molecule has 3 N–H and O–H groups in total. The van der Waals surface area contributed by atoms with Crippen molar-refractivity contribution in [3.63, 3.8) is 0 Å². The van der Waals surface area contributed by atoms with E-state index in [-0.39, 0.29) is 31.7 Å². The smallest absolute Gasteiger partial charge is 0.410 e. The number of hydrogen-bond donors (Lipinski definition) is 3. The standard InChI is InChI=1S/C19H23F2N3O4/c20-19(21,10-14(26)7-9-25)17-15-11-24(8-6-16(15)22-23-17)18(27)28-12-13-4-2-1-3-5-13/h1-5,14,25-26H,6-12H2,(H,22,23). The zero-order valence-corrected chi connectivity index (χ0v) is 15.3. The molecule has 1 aromatic carbocycles. The average molecular weight is 395 g/mol. The molecular formula is C19H23F2N3O4. The molecule has 28 heavy (non-hydrogen) atoms. The zero-order chi connectivity index (χ0) is 20.1. The Labute approximate surface area is 160 Å². The number of aromatic amines is 1. The van der Waals surface area contributed by atoms with Crippen molar-refractivity contribution in [2.45, 2.75) is 44.4 Å². The summed E-state index contributed by atoms with van der Waals surface area (Å²) in [4.78, 5) is 13.7. The molecule has 9 heteroatoms. The van der Waals surface area contributed by atoms with Gasteiger partial charge in [0.2, 0.25) is 0 Å². The summed E-state index contributed by atoms with van der Waals surface area (Å²) in [6, 6.07) is 9.18. The van der Waals surface area contributed by atoms with E-state index in [1.54, 1.807) is 0 Å². The Hall–Kier alpha value is -2.52. The van der Waals surface area contributed by atoms with Crippen LogP contribution >= 0.6 is 0 Å². The molecular weight excluding hydrogens is 372 g/mol. The number of benzene rings is 1. The topological polar surface area (TPSA) is 98.7 Å². The largest absolute Gasteiger partial charge is 0.445 e. The van der Waals surface area contributed by atoms with Crippen LogP contribution in [0.2, 0.25) is 0 Å². The van der Waals surface area contributed by atoms with Crippen LogP contribution in [0.15, 0.2) is 30.3 Å². The van der Waals surface area contributed by atoms with Crippen LogP contribution in [-0.2, 0) is 30.2 Å². The van der Waals surface area contributed by atoms with Crippen molar-refractivity contribution in [1.29, 1.82) is 0 Å². The molecule has 7 nitrogen and oxygen atoms in total. The summed E-state index contributed by atoms with van der Waals surface area (Å²) in [5.74, 6) is -3.36. The first-order valence-corrected chi connectivity index (χ1v) is 9.09. The molecule has 1 unspecified atom stereocenters. The monoisotopic (exact) mass is 395 g/mol. The van der Waals surface area contributed by atoms with Gasteiger partial charge in [0.1, 0.15) is 12.3 Å². The highest BCUT2D eigenvalue weighted by molar-refractivity contribution is 5.68. The zero-order valence-electron chi connectivity index (χ0n) is 15.3. The number of hydrogen-bond acceptors (Lipinski definition) is 5. The van der Waals surface area contributed by atoms with Crippen LogP contribution in [0.3, 0.4) is 0 Å². The van der Waals surface area contributed by atoms with Crippen LogP contribution in [-0.4, -0.2) is 50.7 Å². The number of ether oxygens (including phenoxy) is 1. The molecule has 0 spiro atoms. The number of H-pyrrole nitrogens is 1. The summed E-state index contributed by atoms with van der Waals surface area (Å²) in [5, 5.41) is 24.8. The van der Waals surface area contributed by atoms with Crippen LogP contribution in [0.5, 0.6) is 0 Å². The first kappa shape index (κ1) is 20.2. The fourth-order valence-corrected chi connectivity index (χ4v) is 3.21. The number of nitrogens with one attached hydrogen (secondary N) is 1. The molecule has 1 amide bonds. The van der Waals surface area contributed by atoms with Crippen molar-refractivity contribution < 1.29 is 28.5 Å². The Morgan fingerprint density at radius 2 is 2.11 bits per heavy atom. The molecule has 3 rings (SSSR count). The number of carbonyl (C=O) groups is 1. The number of carbonyl (C=O) groups excluding carboxylic acids is 1. The van der Waals surface area contributed by atoms with E-state index < -0.39 is 30.2 Å². The number of nitrogens with zero attached hydrogens (tertiary/aromatic N) is 2. The van der Waals surface area contributed by atoms with E-state index >= 15 is 0 Å². The molecule has 1 aliphatic rings. The highest BCUT2D eigenvalue weighted by atomic mass is 19.3. The predicted octanol–water partition coefficient (Wildman–Crippen LogP) is 2.33. The van der Waals surface area contributed by atoms with E-state index in [0.717, 1.165) is 5.56 Å². The van der Waals surface area contributed by atoms with Gasteiger partial charge in [-0.25, -0.2) is 4.79 Å². The van der Waals surface area contributed by atoms with Crippen LogP contribution in [0.25, 0.3) is 0 Å². The predicted molar refractivity (Wildman–Crippen MR) is 95.5 cm³/mol. The molecule has 1 aliphatic heterocycles. The first-order chi connectivity index (χ1) is 13.4. The Morgan fingerprint density at radius 1 is 1.36 bits per heavy atom. The molecule has 2 heterocycles. The minimum absolute atomic E-state index is 0.0412. The third-order valence-corrected chi connectivity index (χ3v) is 4.70. The number of fused-ring (bicyclic) bond motifs is 1. The normalized spacial score (nSPS) is 15.2. The molecule has 0 aliphatic carbocycles. The maximum absolute atomic E-state index is 14.6. The minimum atomic E-state index is -3.36. The molecule has 1 aromatic heterocycles. The number of aromatic nitrogens is 2. The number of aliphatic hydroxyl groups is 2. The van der Waals surface area contributed by atoms with Crippen molar-refractivity contribution >= 4 is 6.09 Å². The number of alkyl halides is 2. The van der Waals surface area contributed by atoms with Gasteiger partial charge in [0.15, 0.2) is 0 Å². The van der Waals surface area contributed by atoms with Crippen LogP contribution in [0.1, 0.15) is 35.4 Å². The second kappa shape index (κ2) is 8.66. The van der Waals surface area contributed by atoms with Crippen molar-refractivity contribution in [3.8, 4) is 0 Å². The van der Waals surface area contributed by atoms with E-state index in [2.05, 4.69) is 10.2 Å². The van der Waals surface area contributed by atoms with Gasteiger partial charge in [0, 0.05) is 31.6 Å². The fourth-order valence-electron chi connectivity index (χ4n) is 3.21. The molecule has 0 saturated heterocycles. The van der Waals surface area contributed by atoms with E-state index in [0.29, 0.717) is 18.7 Å². The van der Waals surface area contributed by atoms with E-state index in [9.17, 15) is 18.7 Å². The summed E-state index contributed by atoms with van der Waals surface area (Å²) >= 11 is 0. The molecule has 0 fully saturated rings. The first-order valence-electron chi connectivity index (χ1n) is 9.09. The highest BCUT2D eigenvalue weighted by Crippen LogP contribution is 2.37. The second-order valence-electron chi connectivity index (χ2n) is 6.81. The lowest BCUT2D eigenvalue weighted by atomic mass is 9.98. The quantitative estimate of drug-likeness (QED) is 0.668. The molecule has 152 valence electrons. The lowest BCUT2D eigenvalue weighted by Crippen LogP contribution is -2.37. The summed E-state index contributed by atoms with van der Waals surface area (Å²) in [5.41, 5.74) is 1.17. The molecule has 0 bridgehead atoms. The van der Waals surface area contributed by atoms with Crippen LogP contribution in [0, 0.1) is 0 Å². The van der Waals surface area contributed by atoms with Crippen LogP contribution in [0.4, 0.5) is 13.6 Å². The van der Waals surface area contributed by atoms with E-state index in [1.165, 1.54) is 4.90 Å². The van der Waals surface area contributed by atoms with Gasteiger partial charge in [-0.2, -0.15) is 13.9 Å². The van der Waals surface area contributed by atoms with E-state index in [1.807, 2.05) is 30.3 Å². The molecule has 1 atom stereocenters. The molecule has 0 radical (unpaired) electrons. The van der Waals surface area contributed by atoms with Gasteiger partial charge in [0.25, 0.3) is 5.92 Å². The maximum atomic E-state index is 14.6. The number of aliphatic hydroxyl groups excluding tert-OH is 2. The third kappa shape index (κ3) is 4.66. The SMILES string of the molecule is O=C(OCc1ccccc1)N1CCc2n[nH]c(C(F)(F)CC(O)CCO)c2C1. The highest BCUT2D eigenvalue weighted by Gasteiger charge is 2.41. The third-order valence-electron chi connectivity index (χ3n) is 4.70. The summed E-state index contributed by atoms with van der Waals surface area (Å²) in [6.45, 7) is 0.00818. The summed E-state index contributed by atoms with van der Waals surface area (Å²) < 4.78 is 34.5. The van der Waals surface area contributed by atoms with E-state index in [4.69, 9.17) is 9.84 Å². The molecule has 0 saturated carbocycles. The Kier molecular flexibility index (Phi) is 6.25. The maximum Gasteiger partial charge on any atom is 0.410 e. The lowest BCUT2D eigenvalue weighted by molar-refractivity contribution is -0.0582. The van der Waals surface area contributed by atoms with Gasteiger partial charge >= 0.3 is 6.09 Å². The number of amides is 1. The second-order valence-corrected chi connectivity index (χ2v) is 6.81. The summed E-state index contributed by atoms with van der Waals surface area (Å²) in [6.07, 6.45) is -2.55. The van der Waals surface area contributed by atoms with Gasteiger partial charge in [-0.3, -0.25) is 5.10 Å². The van der Waals surface area contributed by atoms with Gasteiger partial charge in [0.05, 0.1) is 18.3 Å². The van der Waals surface area contributed by atoms with Crippen molar-refractivity contribution in [1.82, 2.24) is 15.1 Å². The van der Waals surface area contributed by atoms with Crippen LogP contribution < -0.4 is 0 Å². The fraction of sp³-hybridized carbons (Fsp3) is 0.474. The minimum Gasteiger partial charge on any atom is -0.445 e. The van der Waals surface area contributed by atoms with Crippen molar-refractivity contribution in [2.75, 3.05) is 13.2 Å². The Balaban J connectivity index is 1.67. The molecule has 2 aromatic rings.